The Morgan fingerprint density at radius 3 is 1.96 bits per heavy atom. The third kappa shape index (κ3) is 10.6. The molecule has 15 nitrogen and oxygen atoms in total. The lowest BCUT2D eigenvalue weighted by Gasteiger charge is -2.68. The fourth-order valence-electron chi connectivity index (χ4n) is 12.2. The van der Waals surface area contributed by atoms with Crippen molar-refractivity contribution in [3.63, 3.8) is 0 Å². The number of aliphatic hydroxyl groups excluding tert-OH is 1. The minimum absolute atomic E-state index is 0.0195. The Kier molecular flexibility index (Phi) is 17.7. The predicted octanol–water partition coefficient (Wildman–Crippen LogP) is 8.99. The van der Waals surface area contributed by atoms with Crippen LogP contribution in [-0.2, 0) is 46.9 Å². The maximum absolute atomic E-state index is 16.0. The third-order valence-corrected chi connectivity index (χ3v) is 26.1. The summed E-state index contributed by atoms with van der Waals surface area (Å²) in [6, 6.07) is 11.6. The Morgan fingerprint density at radius 2 is 1.47 bits per heavy atom. The number of esters is 3. The van der Waals surface area contributed by atoms with Crippen LogP contribution in [-0.4, -0.2) is 123 Å². The number of amides is 1. The molecular formula is C53H85NO14Si2. The van der Waals surface area contributed by atoms with Crippen molar-refractivity contribution in [1.29, 1.82) is 0 Å². The van der Waals surface area contributed by atoms with Gasteiger partial charge in [-0.2, -0.15) is 0 Å². The lowest BCUT2D eigenvalue weighted by Crippen LogP contribution is -2.82. The van der Waals surface area contributed by atoms with Gasteiger partial charge in [-0.3, -0.25) is 9.59 Å². The zero-order chi connectivity index (χ0) is 52.6. The SMILES string of the molecule is CC[Si](CC)(CC)OC1C[C@H]2OC[C@@]2(OC(C)=O)[C@H]2[C@H](OC(=O)c3ccccc3)[C@]3(O)C[C@H](OC(=O)[C@H](O[Si](CC)(CC)CC)[C@H](CC(C)C)NC(=O)OC(C)(C)C)C(C)=C([C@@H](O)C(=O)[C@]12C)C3(C)C. The second kappa shape index (κ2) is 21.6. The number of rotatable bonds is 19. The molecule has 70 heavy (non-hydrogen) atoms. The molecule has 1 saturated heterocycles. The summed E-state index contributed by atoms with van der Waals surface area (Å²) in [6.45, 7) is 29.2. The molecule has 1 heterocycles. The van der Waals surface area contributed by atoms with Crippen LogP contribution in [0.2, 0.25) is 36.3 Å². The minimum Gasteiger partial charge on any atom is -0.456 e. The van der Waals surface area contributed by atoms with Gasteiger partial charge in [-0.05, 0) is 107 Å². The van der Waals surface area contributed by atoms with Crippen molar-refractivity contribution in [2.24, 2.45) is 22.7 Å². The number of carbonyl (C=O) groups is 5. The average Bonchev–Trinajstić information content (AvgIpc) is 3.28. The molecule has 17 heteroatoms. The second-order valence-corrected chi connectivity index (χ2v) is 32.0. The molecule has 2 bridgehead atoms. The molecule has 4 aliphatic rings. The van der Waals surface area contributed by atoms with E-state index >= 15 is 9.59 Å². The highest BCUT2D eigenvalue weighted by molar-refractivity contribution is 6.74. The average molecular weight is 1020 g/mol. The molecule has 0 aromatic heterocycles. The molecule has 1 aromatic rings. The van der Waals surface area contributed by atoms with Gasteiger partial charge in [0.1, 0.15) is 35.6 Å². The van der Waals surface area contributed by atoms with Crippen LogP contribution in [0.5, 0.6) is 0 Å². The van der Waals surface area contributed by atoms with Crippen LogP contribution in [0.15, 0.2) is 41.5 Å². The minimum atomic E-state index is -2.64. The second-order valence-electron chi connectivity index (χ2n) is 22.6. The number of Topliss-reactive ketones (excluding diaryl/α,β-unsaturated/α-hetero) is 1. The third-order valence-electron chi connectivity index (χ3n) is 16.8. The first-order valence-electron chi connectivity index (χ1n) is 25.8. The quantitative estimate of drug-likeness (QED) is 0.0513. The summed E-state index contributed by atoms with van der Waals surface area (Å²) in [6.07, 6.45) is -8.66. The number of benzene rings is 1. The monoisotopic (exact) mass is 1020 g/mol. The first-order chi connectivity index (χ1) is 32.5. The van der Waals surface area contributed by atoms with Crippen molar-refractivity contribution < 1.29 is 66.7 Å². The van der Waals surface area contributed by atoms with Crippen LogP contribution in [0.4, 0.5) is 4.79 Å². The van der Waals surface area contributed by atoms with Crippen molar-refractivity contribution in [3.8, 4) is 0 Å². The van der Waals surface area contributed by atoms with Gasteiger partial charge < -0.3 is 48.1 Å². The van der Waals surface area contributed by atoms with E-state index in [1.165, 1.54) is 6.92 Å². The number of nitrogens with one attached hydrogen (secondary N) is 1. The topological polar surface area (TPSA) is 202 Å². The summed E-state index contributed by atoms with van der Waals surface area (Å²) in [7, 11) is -5.22. The molecule has 3 N–H and O–H groups in total. The summed E-state index contributed by atoms with van der Waals surface area (Å²) in [5.74, 6) is -4.37. The number of ether oxygens (including phenoxy) is 5. The number of hydrogen-bond acceptors (Lipinski definition) is 14. The predicted molar refractivity (Wildman–Crippen MR) is 270 cm³/mol. The van der Waals surface area contributed by atoms with E-state index < -0.39 is 123 Å². The molecule has 1 unspecified atom stereocenters. The Balaban J connectivity index is 1.79. The molecule has 394 valence electrons. The molecule has 3 aliphatic carbocycles. The summed E-state index contributed by atoms with van der Waals surface area (Å²) in [4.78, 5) is 72.9. The zero-order valence-corrected chi connectivity index (χ0v) is 46.9. The van der Waals surface area contributed by atoms with Crippen LogP contribution in [0.1, 0.15) is 140 Å². The van der Waals surface area contributed by atoms with Gasteiger partial charge in [0.25, 0.3) is 0 Å². The lowest BCUT2D eigenvalue weighted by molar-refractivity contribution is -0.344. The Morgan fingerprint density at radius 1 is 0.900 bits per heavy atom. The van der Waals surface area contributed by atoms with Crippen molar-refractivity contribution in [3.05, 3.63) is 47.0 Å². The van der Waals surface area contributed by atoms with E-state index in [9.17, 15) is 24.6 Å². The van der Waals surface area contributed by atoms with Crippen molar-refractivity contribution >= 4 is 46.4 Å². The lowest BCUT2D eigenvalue weighted by atomic mass is 9.44. The first kappa shape index (κ1) is 57.4. The van der Waals surface area contributed by atoms with Gasteiger partial charge in [0.2, 0.25) is 0 Å². The van der Waals surface area contributed by atoms with Crippen LogP contribution < -0.4 is 5.32 Å². The van der Waals surface area contributed by atoms with E-state index in [2.05, 4.69) is 26.1 Å². The molecule has 5 rings (SSSR count). The molecule has 2 saturated carbocycles. The Labute approximate surface area is 419 Å². The van der Waals surface area contributed by atoms with Crippen molar-refractivity contribution in [2.75, 3.05) is 6.61 Å². The Hall–Kier alpha value is -3.46. The molecular weight excluding hydrogens is 931 g/mol. The van der Waals surface area contributed by atoms with Crippen LogP contribution in [0.3, 0.4) is 0 Å². The molecule has 0 spiro atoms. The summed E-state index contributed by atoms with van der Waals surface area (Å²) >= 11 is 0. The van der Waals surface area contributed by atoms with Gasteiger partial charge in [0.15, 0.2) is 34.1 Å². The summed E-state index contributed by atoms with van der Waals surface area (Å²) < 4.78 is 45.9. The number of carbonyl (C=O) groups excluding carboxylic acids is 5. The standard InChI is InChI=1S/C53H85NO14Si2/c1-17-69(18-2,19-3)67-38-29-39-52(31-62-39,65-34(10)55)43-45(64-46(58)35-26-24-23-25-27-35)53(61)30-37(33(9)40(50(53,14)15)41(56)44(57)51(38,43)16)63-47(59)42(68-70(20-4,21-5)22-6)36(28-32(7)8)54-48(60)66-49(11,12)13/h23-27,32,36-39,41-43,45,56,61H,17-22,28-31H2,1-16H3,(H,54,60)/t36-,37-,38?,39+,41+,42+,43-,45-,51+,52-,53+/m0/s1. The largest absolute Gasteiger partial charge is 0.456 e. The van der Waals surface area contributed by atoms with E-state index in [-0.39, 0.29) is 36.5 Å². The highest BCUT2D eigenvalue weighted by Gasteiger charge is 2.78. The fourth-order valence-corrected chi connectivity index (χ4v) is 18.0. The molecule has 1 amide bonds. The maximum Gasteiger partial charge on any atom is 0.407 e. The number of alkyl carbamates (subject to hydrolysis) is 1. The van der Waals surface area contributed by atoms with Crippen LogP contribution in [0, 0.1) is 22.7 Å². The highest BCUT2D eigenvalue weighted by Crippen LogP contribution is 2.65. The molecule has 1 aromatic carbocycles. The Bertz CT molecular complexity index is 2080. The van der Waals surface area contributed by atoms with Gasteiger partial charge in [0, 0.05) is 25.2 Å². The normalized spacial score (nSPS) is 30.6. The van der Waals surface area contributed by atoms with E-state index in [0.29, 0.717) is 30.1 Å². The molecule has 0 radical (unpaired) electrons. The van der Waals surface area contributed by atoms with Gasteiger partial charge in [-0.15, -0.1) is 0 Å². The number of ketones is 1. The van der Waals surface area contributed by atoms with Gasteiger partial charge in [-0.1, -0.05) is 87.4 Å². The van der Waals surface area contributed by atoms with E-state index in [1.807, 2.05) is 34.6 Å². The van der Waals surface area contributed by atoms with Gasteiger partial charge >= 0.3 is 24.0 Å². The molecule has 11 atom stereocenters. The number of fused-ring (bicyclic) bond motifs is 5. The first-order valence-corrected chi connectivity index (χ1v) is 30.9. The fraction of sp³-hybridized carbons (Fsp3) is 0.755. The summed E-state index contributed by atoms with van der Waals surface area (Å²) in [5.41, 5.74) is -7.48. The van der Waals surface area contributed by atoms with E-state index in [0.717, 1.165) is 18.1 Å². The molecule has 1 aliphatic heterocycles. The van der Waals surface area contributed by atoms with E-state index in [4.69, 9.17) is 32.5 Å². The van der Waals surface area contributed by atoms with Gasteiger partial charge in [0.05, 0.1) is 35.6 Å². The molecule has 3 fully saturated rings. The maximum atomic E-state index is 16.0. The smallest absolute Gasteiger partial charge is 0.407 e. The zero-order valence-electron chi connectivity index (χ0n) is 44.9. The van der Waals surface area contributed by atoms with Crippen molar-refractivity contribution in [1.82, 2.24) is 5.32 Å². The van der Waals surface area contributed by atoms with Crippen molar-refractivity contribution in [2.45, 2.75) is 226 Å². The highest BCUT2D eigenvalue weighted by atomic mass is 28.4. The summed E-state index contributed by atoms with van der Waals surface area (Å²) in [5, 5.41) is 30.0. The van der Waals surface area contributed by atoms with Crippen LogP contribution >= 0.6 is 0 Å². The van der Waals surface area contributed by atoms with E-state index in [1.54, 1.807) is 78.8 Å². The number of aliphatic hydroxyl groups is 2. The van der Waals surface area contributed by atoms with Gasteiger partial charge in [-0.25, -0.2) is 14.4 Å². The number of hydrogen-bond donors (Lipinski definition) is 3. The van der Waals surface area contributed by atoms with Crippen LogP contribution in [0.25, 0.3) is 0 Å².